The van der Waals surface area contributed by atoms with Crippen LogP contribution in [0.3, 0.4) is 0 Å². The molecule has 2 heterocycles. The highest BCUT2D eigenvalue weighted by Crippen LogP contribution is 2.47. The summed E-state index contributed by atoms with van der Waals surface area (Å²) in [6.07, 6.45) is 4.78. The molecule has 2 N–H and O–H groups in total. The highest BCUT2D eigenvalue weighted by Gasteiger charge is 2.43. The smallest absolute Gasteiger partial charge is 0.0963 e. The largest absolute Gasteiger partial charge is 0.321 e. The Balaban J connectivity index is 1.80. The van der Waals surface area contributed by atoms with E-state index in [1.807, 2.05) is 11.3 Å². The molecule has 1 aliphatic carbocycles. The zero-order valence-electron chi connectivity index (χ0n) is 10.7. The zero-order chi connectivity index (χ0) is 12.0. The minimum atomic E-state index is -0.00847. The van der Waals surface area contributed by atoms with Gasteiger partial charge in [-0.25, -0.2) is 4.98 Å². The summed E-state index contributed by atoms with van der Waals surface area (Å²) < 4.78 is 0. The molecule has 2 fully saturated rings. The standard InChI is InChI=1S/C13H21N3S/c1-9-11(13(14)5-6-13)17-12(15-9)10-3-7-16(2)8-4-10/h10H,3-8,14H2,1-2H3. The predicted octanol–water partition coefficient (Wildman–Crippen LogP) is 2.21. The third kappa shape index (κ3) is 2.14. The maximum atomic E-state index is 6.30. The maximum absolute atomic E-state index is 6.30. The van der Waals surface area contributed by atoms with E-state index in [1.165, 1.54) is 41.5 Å². The summed E-state index contributed by atoms with van der Waals surface area (Å²) in [5.74, 6) is 0.672. The molecule has 0 unspecified atom stereocenters. The quantitative estimate of drug-likeness (QED) is 0.876. The second-order valence-electron chi connectivity index (χ2n) is 5.70. The van der Waals surface area contributed by atoms with Crippen LogP contribution in [0.15, 0.2) is 0 Å². The molecule has 17 heavy (non-hydrogen) atoms. The van der Waals surface area contributed by atoms with Gasteiger partial charge in [-0.15, -0.1) is 11.3 Å². The van der Waals surface area contributed by atoms with Crippen molar-refractivity contribution in [1.82, 2.24) is 9.88 Å². The van der Waals surface area contributed by atoms with Gasteiger partial charge < -0.3 is 10.6 Å². The summed E-state index contributed by atoms with van der Waals surface area (Å²) >= 11 is 1.88. The molecule has 94 valence electrons. The minimum Gasteiger partial charge on any atom is -0.321 e. The maximum Gasteiger partial charge on any atom is 0.0963 e. The lowest BCUT2D eigenvalue weighted by atomic mass is 9.98. The highest BCUT2D eigenvalue weighted by molar-refractivity contribution is 7.12. The number of nitrogens with zero attached hydrogens (tertiary/aromatic N) is 2. The third-order valence-electron chi connectivity index (χ3n) is 4.12. The molecule has 1 saturated heterocycles. The summed E-state index contributed by atoms with van der Waals surface area (Å²) in [5.41, 5.74) is 7.47. The number of aromatic nitrogens is 1. The van der Waals surface area contributed by atoms with Crippen LogP contribution in [0.25, 0.3) is 0 Å². The molecule has 1 aromatic rings. The molecule has 1 aromatic heterocycles. The van der Waals surface area contributed by atoms with Crippen molar-refractivity contribution in [3.05, 3.63) is 15.6 Å². The molecule has 1 aliphatic heterocycles. The first-order valence-corrected chi connectivity index (χ1v) is 7.35. The van der Waals surface area contributed by atoms with E-state index in [9.17, 15) is 0 Å². The van der Waals surface area contributed by atoms with Gasteiger partial charge in [0.15, 0.2) is 0 Å². The first-order chi connectivity index (χ1) is 8.08. The monoisotopic (exact) mass is 251 g/mol. The van der Waals surface area contributed by atoms with Crippen LogP contribution >= 0.6 is 11.3 Å². The summed E-state index contributed by atoms with van der Waals surface area (Å²) in [7, 11) is 2.20. The van der Waals surface area contributed by atoms with E-state index in [1.54, 1.807) is 0 Å². The molecule has 2 aliphatic rings. The Morgan fingerprint density at radius 2 is 2.00 bits per heavy atom. The number of rotatable bonds is 2. The molecule has 4 heteroatoms. The number of thiazole rings is 1. The first-order valence-electron chi connectivity index (χ1n) is 6.54. The lowest BCUT2D eigenvalue weighted by molar-refractivity contribution is 0.255. The van der Waals surface area contributed by atoms with E-state index in [0.29, 0.717) is 5.92 Å². The number of hydrogen-bond donors (Lipinski definition) is 1. The average molecular weight is 251 g/mol. The number of aryl methyl sites for hydroxylation is 1. The second kappa shape index (κ2) is 4.04. The number of piperidine rings is 1. The van der Waals surface area contributed by atoms with E-state index in [2.05, 4.69) is 18.9 Å². The fourth-order valence-corrected chi connectivity index (χ4v) is 4.07. The summed E-state index contributed by atoms with van der Waals surface area (Å²) in [6.45, 7) is 4.52. The number of likely N-dealkylation sites (tertiary alicyclic amines) is 1. The fraction of sp³-hybridized carbons (Fsp3) is 0.769. The van der Waals surface area contributed by atoms with Crippen molar-refractivity contribution in [2.75, 3.05) is 20.1 Å². The SMILES string of the molecule is Cc1nc(C2CCN(C)CC2)sc1C1(N)CC1. The summed E-state index contributed by atoms with van der Waals surface area (Å²) in [6, 6.07) is 0. The Bertz CT molecular complexity index is 414. The van der Waals surface area contributed by atoms with Crippen LogP contribution in [0.1, 0.15) is 47.2 Å². The minimum absolute atomic E-state index is 0.00847. The van der Waals surface area contributed by atoms with Crippen molar-refractivity contribution in [2.45, 2.75) is 44.1 Å². The molecule has 0 radical (unpaired) electrons. The Labute approximate surface area is 107 Å². The average Bonchev–Trinajstić information content (AvgIpc) is 2.91. The molecular weight excluding hydrogens is 230 g/mol. The fourth-order valence-electron chi connectivity index (χ4n) is 2.67. The lowest BCUT2D eigenvalue weighted by Crippen LogP contribution is -2.29. The number of nitrogens with two attached hydrogens (primary N) is 1. The van der Waals surface area contributed by atoms with E-state index in [-0.39, 0.29) is 5.54 Å². The van der Waals surface area contributed by atoms with Crippen molar-refractivity contribution in [3.8, 4) is 0 Å². The topological polar surface area (TPSA) is 42.2 Å². The molecule has 1 saturated carbocycles. The summed E-state index contributed by atoms with van der Waals surface area (Å²) in [5, 5.41) is 1.34. The van der Waals surface area contributed by atoms with E-state index in [4.69, 9.17) is 10.7 Å². The van der Waals surface area contributed by atoms with Crippen molar-refractivity contribution >= 4 is 11.3 Å². The van der Waals surface area contributed by atoms with Crippen LogP contribution in [0.2, 0.25) is 0 Å². The van der Waals surface area contributed by atoms with Crippen molar-refractivity contribution in [1.29, 1.82) is 0 Å². The highest BCUT2D eigenvalue weighted by atomic mass is 32.1. The first kappa shape index (κ1) is 11.6. The molecule has 0 atom stereocenters. The van der Waals surface area contributed by atoms with E-state index < -0.39 is 0 Å². The summed E-state index contributed by atoms with van der Waals surface area (Å²) in [4.78, 5) is 8.54. The van der Waals surface area contributed by atoms with Gasteiger partial charge in [0.25, 0.3) is 0 Å². The Morgan fingerprint density at radius 3 is 2.59 bits per heavy atom. The molecule has 3 nitrogen and oxygen atoms in total. The lowest BCUT2D eigenvalue weighted by Gasteiger charge is -2.27. The van der Waals surface area contributed by atoms with Crippen molar-refractivity contribution in [2.24, 2.45) is 5.73 Å². The molecule has 0 amide bonds. The van der Waals surface area contributed by atoms with Gasteiger partial charge in [0, 0.05) is 10.8 Å². The molecule has 0 spiro atoms. The van der Waals surface area contributed by atoms with Gasteiger partial charge in [-0.3, -0.25) is 0 Å². The number of hydrogen-bond acceptors (Lipinski definition) is 4. The molecule has 3 rings (SSSR count). The second-order valence-corrected chi connectivity index (χ2v) is 6.73. The van der Waals surface area contributed by atoms with Crippen LogP contribution in [0.5, 0.6) is 0 Å². The molecule has 0 bridgehead atoms. The third-order valence-corrected chi connectivity index (χ3v) is 5.66. The van der Waals surface area contributed by atoms with Gasteiger partial charge in [-0.2, -0.15) is 0 Å². The van der Waals surface area contributed by atoms with Crippen LogP contribution in [0, 0.1) is 6.92 Å². The Morgan fingerprint density at radius 1 is 1.35 bits per heavy atom. The molecule has 0 aromatic carbocycles. The normalized spacial score (nSPS) is 25.1. The van der Waals surface area contributed by atoms with E-state index >= 15 is 0 Å². The molecular formula is C13H21N3S. The van der Waals surface area contributed by atoms with Crippen molar-refractivity contribution < 1.29 is 0 Å². The van der Waals surface area contributed by atoms with Gasteiger partial charge in [0.05, 0.1) is 16.2 Å². The Kier molecular flexibility index (Phi) is 2.76. The van der Waals surface area contributed by atoms with Crippen LogP contribution in [-0.4, -0.2) is 30.0 Å². The van der Waals surface area contributed by atoms with Gasteiger partial charge in [0.1, 0.15) is 0 Å². The van der Waals surface area contributed by atoms with Gasteiger partial charge in [0.2, 0.25) is 0 Å². The van der Waals surface area contributed by atoms with Crippen molar-refractivity contribution in [3.63, 3.8) is 0 Å². The predicted molar refractivity (Wildman–Crippen MR) is 71.4 cm³/mol. The zero-order valence-corrected chi connectivity index (χ0v) is 11.5. The van der Waals surface area contributed by atoms with Crippen LogP contribution < -0.4 is 5.73 Å². The van der Waals surface area contributed by atoms with Crippen LogP contribution in [-0.2, 0) is 5.54 Å². The van der Waals surface area contributed by atoms with Crippen LogP contribution in [0.4, 0.5) is 0 Å². The Hall–Kier alpha value is -0.450. The van der Waals surface area contributed by atoms with E-state index in [0.717, 1.165) is 12.8 Å². The van der Waals surface area contributed by atoms with Gasteiger partial charge in [-0.05, 0) is 52.7 Å². The van der Waals surface area contributed by atoms with Gasteiger partial charge >= 0.3 is 0 Å². The van der Waals surface area contributed by atoms with Gasteiger partial charge in [-0.1, -0.05) is 0 Å².